The molecule has 1 unspecified atom stereocenters. The van der Waals surface area contributed by atoms with Gasteiger partial charge in [0.15, 0.2) is 5.13 Å². The van der Waals surface area contributed by atoms with E-state index in [-0.39, 0.29) is 23.7 Å². The number of nitrogens with zero attached hydrogens (tertiary/aromatic N) is 3. The number of carbonyl (C=O) groups is 1. The maximum atomic E-state index is 13.7. The number of ether oxygens (including phenoxy) is 1. The van der Waals surface area contributed by atoms with Crippen molar-refractivity contribution in [2.75, 3.05) is 31.1 Å². The van der Waals surface area contributed by atoms with E-state index < -0.39 is 10.0 Å². The molecule has 0 bridgehead atoms. The van der Waals surface area contributed by atoms with E-state index in [1.807, 2.05) is 0 Å². The smallest absolute Gasteiger partial charge is 0.252 e. The van der Waals surface area contributed by atoms with Gasteiger partial charge in [-0.25, -0.2) is 17.8 Å². The summed E-state index contributed by atoms with van der Waals surface area (Å²) in [6.45, 7) is 1.68. The number of fused-ring (bicyclic) bond motifs is 1. The van der Waals surface area contributed by atoms with Gasteiger partial charge in [0.05, 0.1) is 22.9 Å². The summed E-state index contributed by atoms with van der Waals surface area (Å²) >= 11 is 2.49. The quantitative estimate of drug-likeness (QED) is 0.500. The van der Waals surface area contributed by atoms with Gasteiger partial charge < -0.3 is 4.74 Å². The van der Waals surface area contributed by atoms with Gasteiger partial charge in [0.25, 0.3) is 10.0 Å². The van der Waals surface area contributed by atoms with Gasteiger partial charge in [0.2, 0.25) is 5.91 Å². The molecular formula is C22H24FN3O4S3. The molecule has 5 rings (SSSR count). The molecule has 4 heterocycles. The average Bonchev–Trinajstić information content (AvgIpc) is 3.58. The summed E-state index contributed by atoms with van der Waals surface area (Å²) in [5, 5.41) is 2.28. The molecule has 11 heteroatoms. The lowest BCUT2D eigenvalue weighted by Crippen LogP contribution is -2.46. The Morgan fingerprint density at radius 3 is 2.76 bits per heavy atom. The molecule has 0 spiro atoms. The largest absolute Gasteiger partial charge is 0.376 e. The number of thiazole rings is 1. The molecule has 2 saturated heterocycles. The second-order valence-electron chi connectivity index (χ2n) is 8.30. The Labute approximate surface area is 199 Å². The van der Waals surface area contributed by atoms with Crippen LogP contribution in [0.5, 0.6) is 0 Å². The number of rotatable bonds is 6. The highest BCUT2D eigenvalue weighted by Gasteiger charge is 2.36. The number of sulfonamides is 1. The fraction of sp³-hybridized carbons (Fsp3) is 0.455. The molecule has 0 aliphatic carbocycles. The number of piperidine rings is 1. The third kappa shape index (κ3) is 4.69. The van der Waals surface area contributed by atoms with E-state index in [4.69, 9.17) is 4.74 Å². The summed E-state index contributed by atoms with van der Waals surface area (Å²) in [5.74, 6) is -0.711. The fourth-order valence-corrected chi connectivity index (χ4v) is 7.98. The van der Waals surface area contributed by atoms with Crippen molar-refractivity contribution in [2.45, 2.75) is 36.0 Å². The van der Waals surface area contributed by atoms with Gasteiger partial charge in [-0.15, -0.1) is 11.3 Å². The summed E-state index contributed by atoms with van der Waals surface area (Å²) in [7, 11) is -3.52. The number of halogens is 1. The van der Waals surface area contributed by atoms with Gasteiger partial charge in [-0.1, -0.05) is 17.4 Å². The zero-order chi connectivity index (χ0) is 23.0. The van der Waals surface area contributed by atoms with Gasteiger partial charge in [-0.3, -0.25) is 9.69 Å². The maximum Gasteiger partial charge on any atom is 0.252 e. The van der Waals surface area contributed by atoms with Crippen molar-refractivity contribution in [3.05, 3.63) is 41.5 Å². The van der Waals surface area contributed by atoms with E-state index in [2.05, 4.69) is 4.98 Å². The van der Waals surface area contributed by atoms with Crippen LogP contribution in [0.15, 0.2) is 39.9 Å². The second-order valence-corrected chi connectivity index (χ2v) is 12.4. The van der Waals surface area contributed by atoms with Crippen molar-refractivity contribution in [2.24, 2.45) is 5.92 Å². The number of thiophene rings is 1. The Balaban J connectivity index is 1.35. The highest BCUT2D eigenvalue weighted by molar-refractivity contribution is 7.91. The van der Waals surface area contributed by atoms with E-state index in [1.165, 1.54) is 39.1 Å². The molecule has 1 aromatic carbocycles. The minimum atomic E-state index is -3.52. The van der Waals surface area contributed by atoms with E-state index in [9.17, 15) is 17.6 Å². The van der Waals surface area contributed by atoms with Gasteiger partial charge in [0.1, 0.15) is 10.0 Å². The first-order valence-corrected chi connectivity index (χ1v) is 14.1. The molecule has 2 aliphatic rings. The lowest BCUT2D eigenvalue weighted by Gasteiger charge is -2.33. The third-order valence-corrected chi connectivity index (χ3v) is 10.5. The fourth-order valence-electron chi connectivity index (χ4n) is 4.36. The number of hydrogen-bond acceptors (Lipinski definition) is 7. The Hall–Kier alpha value is -1.92. The normalized spacial score (nSPS) is 20.5. The van der Waals surface area contributed by atoms with Crippen molar-refractivity contribution in [3.8, 4) is 0 Å². The van der Waals surface area contributed by atoms with Crippen molar-refractivity contribution in [1.29, 1.82) is 0 Å². The lowest BCUT2D eigenvalue weighted by atomic mass is 9.96. The Morgan fingerprint density at radius 2 is 2.06 bits per heavy atom. The molecule has 2 aromatic heterocycles. The van der Waals surface area contributed by atoms with Crippen LogP contribution >= 0.6 is 22.7 Å². The SMILES string of the molecule is O=C(C1CCN(S(=O)(=O)c2cccs2)CC1)N(CC1CCCO1)c1nc2ccc(F)cc2s1. The third-order valence-electron chi connectivity index (χ3n) is 6.14. The first-order chi connectivity index (χ1) is 15.9. The van der Waals surface area contributed by atoms with Gasteiger partial charge in [-0.2, -0.15) is 4.31 Å². The van der Waals surface area contributed by atoms with E-state index >= 15 is 0 Å². The van der Waals surface area contributed by atoms with Crippen molar-refractivity contribution in [3.63, 3.8) is 0 Å². The topological polar surface area (TPSA) is 79.8 Å². The number of hydrogen-bond donors (Lipinski definition) is 0. The van der Waals surface area contributed by atoms with E-state index in [0.717, 1.165) is 12.8 Å². The Morgan fingerprint density at radius 1 is 1.24 bits per heavy atom. The first kappa shape index (κ1) is 22.9. The average molecular weight is 510 g/mol. The number of amides is 1. The minimum absolute atomic E-state index is 0.0583. The van der Waals surface area contributed by atoms with E-state index in [1.54, 1.807) is 28.5 Å². The van der Waals surface area contributed by atoms with Crippen LogP contribution in [0.1, 0.15) is 25.7 Å². The van der Waals surface area contributed by atoms with Crippen LogP contribution in [-0.2, 0) is 19.6 Å². The second kappa shape index (κ2) is 9.38. The number of carbonyl (C=O) groups excluding carboxylic acids is 1. The molecule has 3 aromatic rings. The van der Waals surface area contributed by atoms with Crippen LogP contribution in [0.3, 0.4) is 0 Å². The first-order valence-electron chi connectivity index (χ1n) is 10.9. The predicted octanol–water partition coefficient (Wildman–Crippen LogP) is 4.11. The molecule has 2 fully saturated rings. The van der Waals surface area contributed by atoms with Crippen molar-refractivity contribution >= 4 is 54.0 Å². The monoisotopic (exact) mass is 509 g/mol. The number of aromatic nitrogens is 1. The Kier molecular flexibility index (Phi) is 6.49. The number of benzene rings is 1. The van der Waals surface area contributed by atoms with Crippen LogP contribution in [-0.4, -0.2) is 56.0 Å². The molecule has 1 amide bonds. The van der Waals surface area contributed by atoms with Crippen molar-refractivity contribution < 1.29 is 22.3 Å². The predicted molar refractivity (Wildman–Crippen MR) is 127 cm³/mol. The maximum absolute atomic E-state index is 13.7. The van der Waals surface area contributed by atoms with Crippen molar-refractivity contribution in [1.82, 2.24) is 9.29 Å². The van der Waals surface area contributed by atoms with Crippen LogP contribution in [0.2, 0.25) is 0 Å². The molecule has 1 atom stereocenters. The van der Waals surface area contributed by atoms with Crippen LogP contribution in [0.4, 0.5) is 9.52 Å². The molecular weight excluding hydrogens is 485 g/mol. The molecule has 0 radical (unpaired) electrons. The van der Waals surface area contributed by atoms with Gasteiger partial charge >= 0.3 is 0 Å². The van der Waals surface area contributed by atoms with Gasteiger partial charge in [-0.05, 0) is 55.3 Å². The lowest BCUT2D eigenvalue weighted by molar-refractivity contribution is -0.123. The van der Waals surface area contributed by atoms with E-state index in [0.29, 0.717) is 58.6 Å². The van der Waals surface area contributed by atoms with Crippen LogP contribution < -0.4 is 4.90 Å². The van der Waals surface area contributed by atoms with Gasteiger partial charge in [0, 0.05) is 25.6 Å². The Bertz CT molecular complexity index is 1230. The minimum Gasteiger partial charge on any atom is -0.376 e. The molecule has 7 nitrogen and oxygen atoms in total. The number of anilines is 1. The highest BCUT2D eigenvalue weighted by atomic mass is 32.2. The molecule has 2 aliphatic heterocycles. The standard InChI is InChI=1S/C22H24FN3O4S3/c23-16-5-6-18-19(13-16)32-22(24-18)26(14-17-3-1-11-30-17)21(27)15-7-9-25(10-8-15)33(28,29)20-4-2-12-31-20/h2,4-6,12-13,15,17H,1,3,7-11,14H2. The van der Waals surface area contributed by atoms with Crippen LogP contribution in [0, 0.1) is 11.7 Å². The summed E-state index contributed by atoms with van der Waals surface area (Å²) in [6.07, 6.45) is 2.67. The summed E-state index contributed by atoms with van der Waals surface area (Å²) < 4.78 is 47.6. The van der Waals surface area contributed by atoms with Crippen LogP contribution in [0.25, 0.3) is 10.2 Å². The molecule has 33 heavy (non-hydrogen) atoms. The summed E-state index contributed by atoms with van der Waals surface area (Å²) in [6, 6.07) is 7.74. The zero-order valence-electron chi connectivity index (χ0n) is 17.9. The highest BCUT2D eigenvalue weighted by Crippen LogP contribution is 2.33. The molecule has 176 valence electrons. The summed E-state index contributed by atoms with van der Waals surface area (Å²) in [5.41, 5.74) is 0.651. The zero-order valence-corrected chi connectivity index (χ0v) is 20.3. The molecule has 0 saturated carbocycles. The molecule has 0 N–H and O–H groups in total. The summed E-state index contributed by atoms with van der Waals surface area (Å²) in [4.78, 5) is 19.9.